The number of rotatable bonds is 8. The van der Waals surface area contributed by atoms with Crippen LogP contribution in [-0.2, 0) is 14.3 Å². The molecule has 0 aromatic carbocycles. The second-order valence-electron chi connectivity index (χ2n) is 5.67. The zero-order chi connectivity index (χ0) is 18.3. The summed E-state index contributed by atoms with van der Waals surface area (Å²) in [7, 11) is 1.77. The number of amides is 3. The highest BCUT2D eigenvalue weighted by Gasteiger charge is 2.30. The Morgan fingerprint density at radius 3 is 2.38 bits per heavy atom. The number of ether oxygens (including phenoxy) is 1. The van der Waals surface area contributed by atoms with Crippen LogP contribution in [-0.4, -0.2) is 73.6 Å². The molecule has 2 N–H and O–H groups in total. The average molecular weight is 340 g/mol. The molecule has 0 bridgehead atoms. The van der Waals surface area contributed by atoms with E-state index in [4.69, 9.17) is 4.74 Å². The summed E-state index contributed by atoms with van der Waals surface area (Å²) in [5.41, 5.74) is 0.859. The summed E-state index contributed by atoms with van der Waals surface area (Å²) in [5.74, 6) is -0.454. The predicted octanol–water partition coefficient (Wildman–Crippen LogP) is 0.305. The molecule has 0 fully saturated rings. The number of urea groups is 1. The minimum Gasteiger partial charge on any atom is -0.463 e. The van der Waals surface area contributed by atoms with E-state index in [1.54, 1.807) is 30.7 Å². The third kappa shape index (κ3) is 5.23. The fourth-order valence-corrected chi connectivity index (χ4v) is 2.64. The van der Waals surface area contributed by atoms with Crippen molar-refractivity contribution in [3.05, 3.63) is 11.3 Å². The smallest absolute Gasteiger partial charge is 0.337 e. The topological polar surface area (TPSA) is 91.0 Å². The van der Waals surface area contributed by atoms with Crippen molar-refractivity contribution in [3.63, 3.8) is 0 Å². The van der Waals surface area contributed by atoms with Crippen LogP contribution in [0.2, 0.25) is 0 Å². The van der Waals surface area contributed by atoms with Gasteiger partial charge in [-0.3, -0.25) is 9.69 Å². The molecule has 1 atom stereocenters. The van der Waals surface area contributed by atoms with Gasteiger partial charge in [-0.05, 0) is 34.7 Å². The van der Waals surface area contributed by atoms with E-state index in [1.807, 2.05) is 13.8 Å². The first-order valence-corrected chi connectivity index (χ1v) is 8.27. The van der Waals surface area contributed by atoms with Crippen molar-refractivity contribution in [2.45, 2.75) is 33.7 Å². The Labute approximate surface area is 143 Å². The van der Waals surface area contributed by atoms with Crippen LogP contribution >= 0.6 is 0 Å². The van der Waals surface area contributed by atoms with Gasteiger partial charge in [-0.1, -0.05) is 0 Å². The van der Waals surface area contributed by atoms with Crippen molar-refractivity contribution in [3.8, 4) is 0 Å². The highest BCUT2D eigenvalue weighted by Crippen LogP contribution is 2.15. The van der Waals surface area contributed by atoms with Gasteiger partial charge in [0.2, 0.25) is 5.91 Å². The third-order valence-electron chi connectivity index (χ3n) is 3.81. The normalized spacial score (nSPS) is 17.4. The number of carbonyl (C=O) groups excluding carboxylic acids is 3. The van der Waals surface area contributed by atoms with Crippen LogP contribution in [0.1, 0.15) is 27.7 Å². The highest BCUT2D eigenvalue weighted by molar-refractivity contribution is 5.94. The van der Waals surface area contributed by atoms with Crippen molar-refractivity contribution < 1.29 is 19.1 Å². The van der Waals surface area contributed by atoms with Crippen molar-refractivity contribution in [2.24, 2.45) is 0 Å². The average Bonchev–Trinajstić information content (AvgIpc) is 2.47. The van der Waals surface area contributed by atoms with E-state index in [-0.39, 0.29) is 31.6 Å². The SMILES string of the molecule is CCOC(=O)C1=C(CN(C)CC(=O)N(CC)CC)NC(=O)NC1C. The molecule has 24 heavy (non-hydrogen) atoms. The summed E-state index contributed by atoms with van der Waals surface area (Å²) in [5, 5.41) is 5.31. The second-order valence-corrected chi connectivity index (χ2v) is 5.67. The fourth-order valence-electron chi connectivity index (χ4n) is 2.64. The van der Waals surface area contributed by atoms with Gasteiger partial charge in [0.1, 0.15) is 0 Å². The molecule has 0 aromatic heterocycles. The van der Waals surface area contributed by atoms with Crippen LogP contribution in [0.3, 0.4) is 0 Å². The molecule has 1 rings (SSSR count). The molecule has 0 saturated carbocycles. The van der Waals surface area contributed by atoms with Gasteiger partial charge in [0.25, 0.3) is 0 Å². The molecule has 1 unspecified atom stereocenters. The lowest BCUT2D eigenvalue weighted by molar-refractivity contribution is -0.139. The van der Waals surface area contributed by atoms with E-state index in [1.165, 1.54) is 0 Å². The highest BCUT2D eigenvalue weighted by atomic mass is 16.5. The Hall–Kier alpha value is -2.09. The van der Waals surface area contributed by atoms with Crippen LogP contribution in [0.15, 0.2) is 11.3 Å². The molecule has 0 spiro atoms. The van der Waals surface area contributed by atoms with Gasteiger partial charge in [0.15, 0.2) is 0 Å². The molecular weight excluding hydrogens is 312 g/mol. The minimum atomic E-state index is -0.462. The third-order valence-corrected chi connectivity index (χ3v) is 3.81. The molecule has 1 heterocycles. The molecule has 0 saturated heterocycles. The molecule has 1 aliphatic rings. The molecule has 1 aliphatic heterocycles. The minimum absolute atomic E-state index is 0.00842. The summed E-state index contributed by atoms with van der Waals surface area (Å²) >= 11 is 0. The van der Waals surface area contributed by atoms with Crippen LogP contribution in [0.25, 0.3) is 0 Å². The molecule has 0 aliphatic carbocycles. The molecule has 136 valence electrons. The van der Waals surface area contributed by atoms with Gasteiger partial charge in [0, 0.05) is 25.3 Å². The Morgan fingerprint density at radius 2 is 1.83 bits per heavy atom. The molecular formula is C16H28N4O4. The summed E-state index contributed by atoms with van der Waals surface area (Å²) < 4.78 is 5.07. The summed E-state index contributed by atoms with van der Waals surface area (Å²) in [6, 6.07) is -0.811. The predicted molar refractivity (Wildman–Crippen MR) is 90.2 cm³/mol. The van der Waals surface area contributed by atoms with Crippen LogP contribution in [0.5, 0.6) is 0 Å². The maximum atomic E-state index is 12.2. The van der Waals surface area contributed by atoms with Crippen LogP contribution in [0.4, 0.5) is 4.79 Å². The van der Waals surface area contributed by atoms with Gasteiger partial charge in [-0.25, -0.2) is 9.59 Å². The van der Waals surface area contributed by atoms with Crippen LogP contribution < -0.4 is 10.6 Å². The van der Waals surface area contributed by atoms with Gasteiger partial charge >= 0.3 is 12.0 Å². The monoisotopic (exact) mass is 340 g/mol. The second kappa shape index (κ2) is 9.27. The Morgan fingerprint density at radius 1 is 1.21 bits per heavy atom. The van der Waals surface area contributed by atoms with E-state index in [0.717, 1.165) is 0 Å². The largest absolute Gasteiger partial charge is 0.463 e. The first kappa shape index (κ1) is 20.0. The first-order valence-electron chi connectivity index (χ1n) is 8.27. The Kier molecular flexibility index (Phi) is 7.70. The number of nitrogens with zero attached hydrogens (tertiary/aromatic N) is 2. The molecule has 8 nitrogen and oxygen atoms in total. The number of nitrogens with one attached hydrogen (secondary N) is 2. The fraction of sp³-hybridized carbons (Fsp3) is 0.688. The maximum absolute atomic E-state index is 12.2. The lowest BCUT2D eigenvalue weighted by Crippen LogP contribution is -2.51. The van der Waals surface area contributed by atoms with Crippen molar-refractivity contribution in [1.29, 1.82) is 0 Å². The lowest BCUT2D eigenvalue weighted by atomic mass is 10.0. The summed E-state index contributed by atoms with van der Waals surface area (Å²) in [6.45, 7) is 9.35. The molecule has 8 heteroatoms. The van der Waals surface area contributed by atoms with Gasteiger partial charge < -0.3 is 20.3 Å². The maximum Gasteiger partial charge on any atom is 0.337 e. The van der Waals surface area contributed by atoms with Crippen molar-refractivity contribution >= 4 is 17.9 Å². The number of carbonyl (C=O) groups is 3. The summed E-state index contributed by atoms with van der Waals surface area (Å²) in [6.07, 6.45) is 0. The first-order chi connectivity index (χ1) is 11.3. The van der Waals surface area contributed by atoms with Crippen molar-refractivity contribution in [2.75, 3.05) is 39.8 Å². The quantitative estimate of drug-likeness (QED) is 0.621. The summed E-state index contributed by atoms with van der Waals surface area (Å²) in [4.78, 5) is 39.6. The number of hydrogen-bond acceptors (Lipinski definition) is 5. The molecule has 3 amide bonds. The van der Waals surface area contributed by atoms with E-state index >= 15 is 0 Å². The number of likely N-dealkylation sites (N-methyl/N-ethyl adjacent to an activating group) is 2. The Bertz CT molecular complexity index is 514. The van der Waals surface area contributed by atoms with Crippen LogP contribution in [0, 0.1) is 0 Å². The standard InChI is InChI=1S/C16H28N4O4/c1-6-20(7-2)13(21)10-19(5)9-12-14(15(22)24-8-3)11(4)17-16(23)18-12/h11H,6-10H2,1-5H3,(H2,17,18,23). The number of hydrogen-bond donors (Lipinski definition) is 2. The zero-order valence-corrected chi connectivity index (χ0v) is 15.1. The van der Waals surface area contributed by atoms with Gasteiger partial charge in [0.05, 0.1) is 24.8 Å². The van der Waals surface area contributed by atoms with E-state index in [2.05, 4.69) is 10.6 Å². The zero-order valence-electron chi connectivity index (χ0n) is 15.1. The van der Waals surface area contributed by atoms with E-state index in [9.17, 15) is 14.4 Å². The molecule has 0 radical (unpaired) electrons. The van der Waals surface area contributed by atoms with E-state index < -0.39 is 12.0 Å². The molecule has 0 aromatic rings. The van der Waals surface area contributed by atoms with Gasteiger partial charge in [-0.15, -0.1) is 0 Å². The number of esters is 1. The lowest BCUT2D eigenvalue weighted by Gasteiger charge is -2.29. The van der Waals surface area contributed by atoms with E-state index in [0.29, 0.717) is 24.4 Å². The Balaban J connectivity index is 2.89. The van der Waals surface area contributed by atoms with Crippen molar-refractivity contribution in [1.82, 2.24) is 20.4 Å². The van der Waals surface area contributed by atoms with Gasteiger partial charge in [-0.2, -0.15) is 0 Å².